The standard InChI is InChI=1S/C16H25N3O3S/c20-16-14(18-23(21,22)13-6-5-9-17-12-13)7-1-2-8-15(16)19-10-3-4-11-19/h5-6,9,12,14-16,18,20H,1-4,7-8,10-11H2/t14-,15-,16-/m1/s1. The van der Waals surface area contributed by atoms with Crippen molar-refractivity contribution in [2.45, 2.75) is 61.6 Å². The maximum atomic E-state index is 12.5. The molecule has 1 aliphatic heterocycles. The molecule has 3 atom stereocenters. The highest BCUT2D eigenvalue weighted by Gasteiger charge is 2.36. The van der Waals surface area contributed by atoms with E-state index < -0.39 is 22.2 Å². The van der Waals surface area contributed by atoms with Crippen LogP contribution in [0.15, 0.2) is 29.4 Å². The summed E-state index contributed by atoms with van der Waals surface area (Å²) < 4.78 is 27.7. The molecule has 1 aromatic heterocycles. The Morgan fingerprint density at radius 1 is 1.17 bits per heavy atom. The summed E-state index contributed by atoms with van der Waals surface area (Å²) in [6, 6.07) is 2.75. The van der Waals surface area contributed by atoms with E-state index >= 15 is 0 Å². The molecule has 2 N–H and O–H groups in total. The Kier molecular flexibility index (Phi) is 5.31. The molecule has 23 heavy (non-hydrogen) atoms. The van der Waals surface area contributed by atoms with Crippen molar-refractivity contribution in [3.05, 3.63) is 24.5 Å². The van der Waals surface area contributed by atoms with Gasteiger partial charge in [0, 0.05) is 24.5 Å². The predicted molar refractivity (Wildman–Crippen MR) is 87.4 cm³/mol. The van der Waals surface area contributed by atoms with E-state index in [0.29, 0.717) is 6.42 Å². The molecule has 0 amide bonds. The van der Waals surface area contributed by atoms with Crippen LogP contribution >= 0.6 is 0 Å². The van der Waals surface area contributed by atoms with Gasteiger partial charge in [-0.25, -0.2) is 13.1 Å². The molecular weight excluding hydrogens is 314 g/mol. The van der Waals surface area contributed by atoms with Gasteiger partial charge in [-0.15, -0.1) is 0 Å². The number of nitrogens with zero attached hydrogens (tertiary/aromatic N) is 2. The molecule has 1 aliphatic carbocycles. The second-order valence-electron chi connectivity index (χ2n) is 6.50. The molecule has 0 spiro atoms. The fraction of sp³-hybridized carbons (Fsp3) is 0.688. The largest absolute Gasteiger partial charge is 0.390 e. The minimum atomic E-state index is -3.65. The van der Waals surface area contributed by atoms with E-state index in [1.165, 1.54) is 12.3 Å². The van der Waals surface area contributed by atoms with Crippen molar-refractivity contribution >= 4 is 10.0 Å². The minimum absolute atomic E-state index is 0.0570. The number of sulfonamides is 1. The fourth-order valence-corrected chi connectivity index (χ4v) is 4.95. The van der Waals surface area contributed by atoms with Crippen LogP contribution in [0.3, 0.4) is 0 Å². The number of aliphatic hydroxyl groups is 1. The van der Waals surface area contributed by atoms with Gasteiger partial charge < -0.3 is 5.11 Å². The Labute approximate surface area is 138 Å². The minimum Gasteiger partial charge on any atom is -0.390 e. The summed E-state index contributed by atoms with van der Waals surface area (Å²) in [6.45, 7) is 2.01. The number of nitrogens with one attached hydrogen (secondary N) is 1. The molecule has 2 fully saturated rings. The van der Waals surface area contributed by atoms with E-state index in [9.17, 15) is 13.5 Å². The van der Waals surface area contributed by atoms with Gasteiger partial charge in [-0.3, -0.25) is 9.88 Å². The first-order valence-electron chi connectivity index (χ1n) is 8.42. The van der Waals surface area contributed by atoms with Crippen molar-refractivity contribution in [2.24, 2.45) is 0 Å². The quantitative estimate of drug-likeness (QED) is 0.804. The zero-order chi connectivity index (χ0) is 16.3. The van der Waals surface area contributed by atoms with E-state index in [2.05, 4.69) is 14.6 Å². The van der Waals surface area contributed by atoms with Gasteiger partial charge in [0.2, 0.25) is 10.0 Å². The van der Waals surface area contributed by atoms with Gasteiger partial charge in [0.05, 0.1) is 6.10 Å². The Hall–Kier alpha value is -1.02. The zero-order valence-corrected chi connectivity index (χ0v) is 14.1. The number of aromatic nitrogens is 1. The van der Waals surface area contributed by atoms with Crippen molar-refractivity contribution in [3.63, 3.8) is 0 Å². The molecule has 0 unspecified atom stereocenters. The first-order chi connectivity index (χ1) is 11.1. The van der Waals surface area contributed by atoms with Crippen LogP contribution in [0, 0.1) is 0 Å². The van der Waals surface area contributed by atoms with Crippen molar-refractivity contribution in [2.75, 3.05) is 13.1 Å². The van der Waals surface area contributed by atoms with E-state index in [1.54, 1.807) is 12.3 Å². The highest BCUT2D eigenvalue weighted by molar-refractivity contribution is 7.89. The molecule has 2 aliphatic rings. The summed E-state index contributed by atoms with van der Waals surface area (Å²) in [6.07, 6.45) is 8.11. The summed E-state index contributed by atoms with van der Waals surface area (Å²) in [4.78, 5) is 6.34. The third-order valence-electron chi connectivity index (χ3n) is 4.93. The van der Waals surface area contributed by atoms with Crippen LogP contribution in [-0.4, -0.2) is 54.7 Å². The average Bonchev–Trinajstić information content (AvgIpc) is 3.02. The van der Waals surface area contributed by atoms with Crippen LogP contribution in [0.2, 0.25) is 0 Å². The first kappa shape index (κ1) is 16.8. The van der Waals surface area contributed by atoms with E-state index in [1.807, 2.05) is 0 Å². The number of likely N-dealkylation sites (tertiary alicyclic amines) is 1. The highest BCUT2D eigenvalue weighted by atomic mass is 32.2. The lowest BCUT2D eigenvalue weighted by molar-refractivity contribution is 0.0409. The Balaban J connectivity index is 1.75. The first-order valence-corrected chi connectivity index (χ1v) is 9.91. The van der Waals surface area contributed by atoms with E-state index in [-0.39, 0.29) is 10.9 Å². The van der Waals surface area contributed by atoms with Crippen LogP contribution in [0.4, 0.5) is 0 Å². The summed E-state index contributed by atoms with van der Waals surface area (Å²) in [5.74, 6) is 0. The van der Waals surface area contributed by atoms with Gasteiger partial charge >= 0.3 is 0 Å². The number of hydrogen-bond donors (Lipinski definition) is 2. The van der Waals surface area contributed by atoms with Crippen molar-refractivity contribution in [3.8, 4) is 0 Å². The highest BCUT2D eigenvalue weighted by Crippen LogP contribution is 2.26. The van der Waals surface area contributed by atoms with Gasteiger partial charge in [0.15, 0.2) is 0 Å². The molecule has 7 heteroatoms. The van der Waals surface area contributed by atoms with Gasteiger partial charge in [-0.2, -0.15) is 0 Å². The van der Waals surface area contributed by atoms with Crippen molar-refractivity contribution in [1.82, 2.24) is 14.6 Å². The fourth-order valence-electron chi connectivity index (χ4n) is 3.70. The molecule has 128 valence electrons. The average molecular weight is 339 g/mol. The second kappa shape index (κ2) is 7.25. The SMILES string of the molecule is O=S(=O)(N[C@@H]1CCCC[C@@H](N2CCCC2)[C@@H]1O)c1cccnc1. The summed E-state index contributed by atoms with van der Waals surface area (Å²) >= 11 is 0. The maximum absolute atomic E-state index is 12.5. The number of hydrogen-bond acceptors (Lipinski definition) is 5. The Morgan fingerprint density at radius 3 is 2.61 bits per heavy atom. The second-order valence-corrected chi connectivity index (χ2v) is 8.22. The Morgan fingerprint density at radius 2 is 1.91 bits per heavy atom. The normalized spacial score (nSPS) is 30.2. The third-order valence-corrected chi connectivity index (χ3v) is 6.41. The molecule has 0 bridgehead atoms. The van der Waals surface area contributed by atoms with Gasteiger partial charge in [0.1, 0.15) is 4.90 Å². The molecule has 1 saturated carbocycles. The van der Waals surface area contributed by atoms with Crippen LogP contribution in [0.5, 0.6) is 0 Å². The van der Waals surface area contributed by atoms with Crippen LogP contribution in [-0.2, 0) is 10.0 Å². The molecule has 1 aromatic rings. The smallest absolute Gasteiger partial charge is 0.242 e. The molecular formula is C16H25N3O3S. The number of pyridine rings is 1. The van der Waals surface area contributed by atoms with Crippen LogP contribution < -0.4 is 4.72 Å². The van der Waals surface area contributed by atoms with Crippen LogP contribution in [0.1, 0.15) is 38.5 Å². The molecule has 2 heterocycles. The molecule has 0 radical (unpaired) electrons. The lowest BCUT2D eigenvalue weighted by Crippen LogP contribution is -2.52. The van der Waals surface area contributed by atoms with Gasteiger partial charge in [-0.1, -0.05) is 12.8 Å². The van der Waals surface area contributed by atoms with Crippen molar-refractivity contribution in [1.29, 1.82) is 0 Å². The van der Waals surface area contributed by atoms with E-state index in [4.69, 9.17) is 0 Å². The summed E-state index contributed by atoms with van der Waals surface area (Å²) in [5, 5.41) is 10.8. The molecule has 6 nitrogen and oxygen atoms in total. The molecule has 3 rings (SSSR count). The predicted octanol–water partition coefficient (Wildman–Crippen LogP) is 1.13. The number of rotatable bonds is 4. The van der Waals surface area contributed by atoms with Gasteiger partial charge in [-0.05, 0) is 50.9 Å². The van der Waals surface area contributed by atoms with Gasteiger partial charge in [0.25, 0.3) is 0 Å². The third kappa shape index (κ3) is 3.91. The lowest BCUT2D eigenvalue weighted by Gasteiger charge is -2.34. The topological polar surface area (TPSA) is 82.5 Å². The lowest BCUT2D eigenvalue weighted by atomic mass is 10.0. The molecule has 1 saturated heterocycles. The Bertz CT molecular complexity index is 602. The maximum Gasteiger partial charge on any atom is 0.242 e. The summed E-state index contributed by atoms with van der Waals surface area (Å²) in [5.41, 5.74) is 0. The van der Waals surface area contributed by atoms with E-state index in [0.717, 1.165) is 45.2 Å². The van der Waals surface area contributed by atoms with Crippen LogP contribution in [0.25, 0.3) is 0 Å². The monoisotopic (exact) mass is 339 g/mol. The zero-order valence-electron chi connectivity index (χ0n) is 13.3. The summed E-state index contributed by atoms with van der Waals surface area (Å²) in [7, 11) is -3.65. The molecule has 0 aromatic carbocycles. The van der Waals surface area contributed by atoms with Crippen molar-refractivity contribution < 1.29 is 13.5 Å². The number of aliphatic hydroxyl groups excluding tert-OH is 1.